The molecule has 2 aliphatic rings. The SMILES string of the molecule is CC(C)(C)C(=O)/C(C#N)=N/[C@@]12OC(C(C)(C)C)=C(C#N)[C@@H]1c1cc(Cl)ccc1O[C@H]2c1ccccc1. The van der Waals surface area contributed by atoms with Gasteiger partial charge in [0.2, 0.25) is 0 Å². The van der Waals surface area contributed by atoms with E-state index in [0.717, 1.165) is 5.56 Å². The summed E-state index contributed by atoms with van der Waals surface area (Å²) in [6.07, 6.45) is -0.850. The zero-order valence-corrected chi connectivity index (χ0v) is 22.0. The average Bonchev–Trinajstić information content (AvgIpc) is 3.17. The second kappa shape index (κ2) is 8.80. The molecule has 2 aromatic rings. The van der Waals surface area contributed by atoms with Crippen LogP contribution in [0.25, 0.3) is 0 Å². The predicted octanol–water partition coefficient (Wildman–Crippen LogP) is 6.69. The fourth-order valence-electron chi connectivity index (χ4n) is 4.67. The highest BCUT2D eigenvalue weighted by molar-refractivity contribution is 6.47. The van der Waals surface area contributed by atoms with Gasteiger partial charge in [-0.05, 0) is 23.8 Å². The Morgan fingerprint density at radius 3 is 2.28 bits per heavy atom. The van der Waals surface area contributed by atoms with Crippen molar-refractivity contribution in [3.05, 3.63) is 76.0 Å². The normalized spacial score (nSPS) is 23.5. The number of benzene rings is 2. The molecule has 0 saturated carbocycles. The van der Waals surface area contributed by atoms with Crippen molar-refractivity contribution in [3.63, 3.8) is 0 Å². The molecule has 0 aromatic heterocycles. The largest absolute Gasteiger partial charge is 0.479 e. The Bertz CT molecular complexity index is 1370. The van der Waals surface area contributed by atoms with Gasteiger partial charge < -0.3 is 9.47 Å². The van der Waals surface area contributed by atoms with E-state index >= 15 is 0 Å². The van der Waals surface area contributed by atoms with E-state index in [2.05, 4.69) is 6.07 Å². The highest BCUT2D eigenvalue weighted by Crippen LogP contribution is 2.61. The van der Waals surface area contributed by atoms with E-state index in [1.807, 2.05) is 57.2 Å². The first kappa shape index (κ1) is 25.5. The summed E-state index contributed by atoms with van der Waals surface area (Å²) in [5.74, 6) is -0.193. The number of carbonyl (C=O) groups is 1. The number of nitriles is 2. The van der Waals surface area contributed by atoms with E-state index in [0.29, 0.717) is 27.7 Å². The van der Waals surface area contributed by atoms with Crippen LogP contribution in [0.4, 0.5) is 0 Å². The molecule has 0 radical (unpaired) electrons. The smallest absolute Gasteiger partial charge is 0.253 e. The number of carbonyl (C=O) groups excluding carboxylic acids is 1. The second-order valence-corrected chi connectivity index (χ2v) is 11.6. The van der Waals surface area contributed by atoms with E-state index in [1.165, 1.54) is 0 Å². The van der Waals surface area contributed by atoms with Crippen molar-refractivity contribution < 1.29 is 14.3 Å². The highest BCUT2D eigenvalue weighted by atomic mass is 35.5. The standard InChI is InChI=1S/C29H28ClN3O3/c1-27(2,3)24(34)21(16-32)33-29-23(20(15-31)26(36-29)28(4,5)6)19-14-18(30)12-13-22(19)35-25(29)17-10-8-7-9-11-17/h7-14,23,25H,1-6H3/b33-21+/t23-,25-,29+/m0/s1. The Morgan fingerprint density at radius 2 is 1.72 bits per heavy atom. The van der Waals surface area contributed by atoms with Crippen LogP contribution in [0.5, 0.6) is 5.75 Å². The van der Waals surface area contributed by atoms with Crippen LogP contribution in [0.1, 0.15) is 64.7 Å². The molecular weight excluding hydrogens is 474 g/mol. The Hall–Kier alpha value is -3.61. The number of ketones is 1. The van der Waals surface area contributed by atoms with Crippen molar-refractivity contribution in [2.24, 2.45) is 15.8 Å². The van der Waals surface area contributed by atoms with E-state index in [1.54, 1.807) is 39.0 Å². The summed E-state index contributed by atoms with van der Waals surface area (Å²) < 4.78 is 13.2. The van der Waals surface area contributed by atoms with Gasteiger partial charge in [0.15, 0.2) is 17.6 Å². The Labute approximate surface area is 216 Å². The van der Waals surface area contributed by atoms with Gasteiger partial charge in [-0.1, -0.05) is 83.5 Å². The van der Waals surface area contributed by atoms with Gasteiger partial charge in [0.25, 0.3) is 5.72 Å². The molecule has 0 saturated heterocycles. The average molecular weight is 502 g/mol. The number of allylic oxidation sites excluding steroid dienone is 1. The van der Waals surface area contributed by atoms with Crippen LogP contribution in [0.2, 0.25) is 5.02 Å². The van der Waals surface area contributed by atoms with Gasteiger partial charge in [0.05, 0.1) is 17.6 Å². The van der Waals surface area contributed by atoms with Crippen molar-refractivity contribution in [2.45, 2.75) is 59.3 Å². The first-order valence-corrected chi connectivity index (χ1v) is 12.1. The molecule has 3 atom stereocenters. The number of ether oxygens (including phenoxy) is 2. The molecule has 0 bridgehead atoms. The van der Waals surface area contributed by atoms with Crippen molar-refractivity contribution in [3.8, 4) is 17.9 Å². The third-order valence-corrected chi connectivity index (χ3v) is 6.54. The van der Waals surface area contributed by atoms with Crippen LogP contribution < -0.4 is 4.74 Å². The van der Waals surface area contributed by atoms with Gasteiger partial charge in [0, 0.05) is 21.4 Å². The molecule has 4 rings (SSSR count). The van der Waals surface area contributed by atoms with Crippen molar-refractivity contribution in [1.29, 1.82) is 10.5 Å². The minimum atomic E-state index is -1.61. The van der Waals surface area contributed by atoms with E-state index in [9.17, 15) is 15.3 Å². The minimum absolute atomic E-state index is 0.282. The molecule has 0 N–H and O–H groups in total. The van der Waals surface area contributed by atoms with E-state index in [-0.39, 0.29) is 5.71 Å². The molecule has 0 fully saturated rings. The van der Waals surface area contributed by atoms with Crippen molar-refractivity contribution in [1.82, 2.24) is 0 Å². The lowest BCUT2D eigenvalue weighted by atomic mass is 9.75. The summed E-state index contributed by atoms with van der Waals surface area (Å²) in [5, 5.41) is 20.9. The summed E-state index contributed by atoms with van der Waals surface area (Å²) in [6, 6.07) is 18.9. The van der Waals surface area contributed by atoms with E-state index in [4.69, 9.17) is 26.1 Å². The monoisotopic (exact) mass is 501 g/mol. The summed E-state index contributed by atoms with van der Waals surface area (Å²) in [7, 11) is 0. The third-order valence-electron chi connectivity index (χ3n) is 6.31. The highest BCUT2D eigenvalue weighted by Gasteiger charge is 2.63. The summed E-state index contributed by atoms with van der Waals surface area (Å²) in [5.41, 5.74) is -1.58. The number of nitrogens with zero attached hydrogens (tertiary/aromatic N) is 3. The van der Waals surface area contributed by atoms with Crippen LogP contribution in [0, 0.1) is 33.5 Å². The molecule has 36 heavy (non-hydrogen) atoms. The van der Waals surface area contributed by atoms with E-state index < -0.39 is 34.4 Å². The molecule has 0 unspecified atom stereocenters. The second-order valence-electron chi connectivity index (χ2n) is 11.1. The van der Waals surface area contributed by atoms with Crippen molar-refractivity contribution in [2.75, 3.05) is 0 Å². The van der Waals surface area contributed by atoms with Crippen molar-refractivity contribution >= 4 is 23.1 Å². The number of fused-ring (bicyclic) bond motifs is 3. The number of Topliss-reactive ketones (excluding diaryl/α,β-unsaturated/α-hetero) is 1. The number of halogens is 1. The summed E-state index contributed by atoms with van der Waals surface area (Å²) in [6.45, 7) is 11.0. The van der Waals surface area contributed by atoms with Crippen LogP contribution >= 0.6 is 11.6 Å². The van der Waals surface area contributed by atoms with Gasteiger partial charge in [-0.3, -0.25) is 4.79 Å². The fourth-order valence-corrected chi connectivity index (χ4v) is 4.85. The lowest BCUT2D eigenvalue weighted by Gasteiger charge is -2.43. The van der Waals surface area contributed by atoms with Crippen LogP contribution in [0.3, 0.4) is 0 Å². The molecule has 0 amide bonds. The molecule has 2 heterocycles. The maximum atomic E-state index is 13.3. The quantitative estimate of drug-likeness (QED) is 0.436. The molecule has 7 heteroatoms. The first-order chi connectivity index (χ1) is 16.8. The minimum Gasteiger partial charge on any atom is -0.479 e. The van der Waals surface area contributed by atoms with Gasteiger partial charge in [0.1, 0.15) is 17.6 Å². The molecule has 184 valence electrons. The van der Waals surface area contributed by atoms with Gasteiger partial charge in [-0.2, -0.15) is 10.5 Å². The maximum absolute atomic E-state index is 13.3. The number of aliphatic imine (C=N–C) groups is 1. The Kier molecular flexibility index (Phi) is 6.23. The number of hydrogen-bond donors (Lipinski definition) is 0. The zero-order valence-electron chi connectivity index (χ0n) is 21.2. The molecule has 2 aliphatic heterocycles. The topological polar surface area (TPSA) is 95.5 Å². The molecule has 2 aromatic carbocycles. The number of hydrogen-bond acceptors (Lipinski definition) is 6. The lowest BCUT2D eigenvalue weighted by molar-refractivity contribution is -0.120. The molecule has 6 nitrogen and oxygen atoms in total. The lowest BCUT2D eigenvalue weighted by Crippen LogP contribution is -2.47. The third kappa shape index (κ3) is 4.16. The van der Waals surface area contributed by atoms with Crippen LogP contribution in [0.15, 0.2) is 64.9 Å². The number of rotatable bonds is 3. The zero-order chi connectivity index (χ0) is 26.5. The predicted molar refractivity (Wildman–Crippen MR) is 137 cm³/mol. The first-order valence-electron chi connectivity index (χ1n) is 11.7. The molecular formula is C29H28ClN3O3. The molecule has 0 aliphatic carbocycles. The summed E-state index contributed by atoms with van der Waals surface area (Å²) in [4.78, 5) is 18.1. The fraction of sp³-hybridized carbons (Fsp3) is 0.379. The molecule has 0 spiro atoms. The Morgan fingerprint density at radius 1 is 1.06 bits per heavy atom. The van der Waals surface area contributed by atoms with Crippen LogP contribution in [-0.2, 0) is 9.53 Å². The van der Waals surface area contributed by atoms with Gasteiger partial charge in [-0.15, -0.1) is 0 Å². The van der Waals surface area contributed by atoms with Crippen LogP contribution in [-0.4, -0.2) is 17.2 Å². The Balaban J connectivity index is 2.11. The van der Waals surface area contributed by atoms with Gasteiger partial charge >= 0.3 is 0 Å². The van der Waals surface area contributed by atoms with Gasteiger partial charge in [-0.25, -0.2) is 4.99 Å². The summed E-state index contributed by atoms with van der Waals surface area (Å²) >= 11 is 6.39. The maximum Gasteiger partial charge on any atom is 0.253 e.